The first kappa shape index (κ1) is 15.4. The molecule has 2 N–H and O–H groups in total. The van der Waals surface area contributed by atoms with E-state index >= 15 is 0 Å². The van der Waals surface area contributed by atoms with Crippen molar-refractivity contribution in [1.29, 1.82) is 0 Å². The van der Waals surface area contributed by atoms with Crippen LogP contribution >= 0.6 is 0 Å². The number of nitrogens with zero attached hydrogens (tertiary/aromatic N) is 4. The van der Waals surface area contributed by atoms with Crippen LogP contribution in [0.5, 0.6) is 0 Å². The predicted octanol–water partition coefficient (Wildman–Crippen LogP) is 2.12. The summed E-state index contributed by atoms with van der Waals surface area (Å²) in [4.78, 5) is 22.3. The van der Waals surface area contributed by atoms with Crippen molar-refractivity contribution in [3.63, 3.8) is 0 Å². The van der Waals surface area contributed by atoms with Gasteiger partial charge < -0.3 is 5.32 Å². The van der Waals surface area contributed by atoms with Crippen molar-refractivity contribution in [3.05, 3.63) is 69.7 Å². The lowest BCUT2D eigenvalue weighted by Crippen LogP contribution is -2.15. The number of aryl methyl sites for hydroxylation is 1. The van der Waals surface area contributed by atoms with E-state index in [1.807, 2.05) is 37.3 Å². The Morgan fingerprint density at radius 2 is 2.12 bits per heavy atom. The molecule has 0 aliphatic rings. The Bertz CT molecular complexity index is 884. The zero-order chi connectivity index (χ0) is 17.1. The maximum Gasteiger partial charge on any atom is 0.319 e. The van der Waals surface area contributed by atoms with Crippen molar-refractivity contribution in [2.24, 2.45) is 0 Å². The molecule has 122 valence electrons. The minimum absolute atomic E-state index is 0.213. The number of aromatic nitrogens is 4. The fourth-order valence-electron chi connectivity index (χ4n) is 2.25. The zero-order valence-electron chi connectivity index (χ0n) is 12.8. The molecule has 0 fully saturated rings. The Hall–Kier alpha value is -3.49. The third-order valence-corrected chi connectivity index (χ3v) is 3.44. The van der Waals surface area contributed by atoms with Crippen molar-refractivity contribution in [3.8, 4) is 0 Å². The average molecular weight is 326 g/mol. The predicted molar refractivity (Wildman–Crippen MR) is 85.7 cm³/mol. The maximum atomic E-state index is 12.1. The molecule has 9 heteroatoms. The molecule has 0 aliphatic carbocycles. The lowest BCUT2D eigenvalue weighted by atomic mass is 10.2. The monoisotopic (exact) mass is 326 g/mol. The molecule has 9 nitrogen and oxygen atoms in total. The van der Waals surface area contributed by atoms with Crippen LogP contribution in [-0.4, -0.2) is 30.8 Å². The average Bonchev–Trinajstić information content (AvgIpc) is 3.16. The van der Waals surface area contributed by atoms with Crippen LogP contribution in [0.1, 0.15) is 21.7 Å². The molecule has 24 heavy (non-hydrogen) atoms. The van der Waals surface area contributed by atoms with Gasteiger partial charge in [0.1, 0.15) is 6.20 Å². The number of hydrogen-bond donors (Lipinski definition) is 2. The lowest BCUT2D eigenvalue weighted by Gasteiger charge is -2.04. The summed E-state index contributed by atoms with van der Waals surface area (Å²) in [5.74, 6) is -0.346. The molecule has 0 saturated heterocycles. The number of nitrogens with one attached hydrogen (secondary N) is 2. The van der Waals surface area contributed by atoms with Gasteiger partial charge in [-0.3, -0.25) is 24.7 Å². The molecule has 1 amide bonds. The van der Waals surface area contributed by atoms with Crippen LogP contribution in [0.2, 0.25) is 0 Å². The van der Waals surface area contributed by atoms with Crippen LogP contribution < -0.4 is 5.32 Å². The van der Waals surface area contributed by atoms with Gasteiger partial charge in [0.15, 0.2) is 5.82 Å². The zero-order valence-corrected chi connectivity index (χ0v) is 12.8. The van der Waals surface area contributed by atoms with Crippen LogP contribution in [0.3, 0.4) is 0 Å². The maximum absolute atomic E-state index is 12.1. The smallest absolute Gasteiger partial charge is 0.304 e. The summed E-state index contributed by atoms with van der Waals surface area (Å²) < 4.78 is 1.74. The topological polar surface area (TPSA) is 119 Å². The third-order valence-electron chi connectivity index (χ3n) is 3.44. The van der Waals surface area contributed by atoms with E-state index in [0.717, 1.165) is 17.5 Å². The van der Waals surface area contributed by atoms with Gasteiger partial charge in [0.05, 0.1) is 11.5 Å². The highest BCUT2D eigenvalue weighted by Gasteiger charge is 2.23. The fourth-order valence-corrected chi connectivity index (χ4v) is 2.25. The molecule has 0 aliphatic heterocycles. The first-order valence-corrected chi connectivity index (χ1v) is 7.12. The normalized spacial score (nSPS) is 10.5. The van der Waals surface area contributed by atoms with Gasteiger partial charge in [0.25, 0.3) is 5.91 Å². The van der Waals surface area contributed by atoms with Gasteiger partial charge in [-0.25, -0.2) is 0 Å². The van der Waals surface area contributed by atoms with Crippen LogP contribution in [0.15, 0.2) is 42.6 Å². The first-order chi connectivity index (χ1) is 11.5. The number of hydrogen-bond acceptors (Lipinski definition) is 5. The summed E-state index contributed by atoms with van der Waals surface area (Å²) in [6.07, 6.45) is 0.994. The molecular formula is C15H14N6O3. The van der Waals surface area contributed by atoms with Gasteiger partial charge in [-0.15, -0.1) is 0 Å². The Morgan fingerprint density at radius 1 is 1.38 bits per heavy atom. The van der Waals surface area contributed by atoms with Gasteiger partial charge in [-0.05, 0) is 12.5 Å². The number of anilines is 1. The van der Waals surface area contributed by atoms with E-state index in [4.69, 9.17) is 0 Å². The Morgan fingerprint density at radius 3 is 2.83 bits per heavy atom. The van der Waals surface area contributed by atoms with E-state index in [0.29, 0.717) is 12.4 Å². The van der Waals surface area contributed by atoms with Crippen LogP contribution in [0.4, 0.5) is 11.5 Å². The Labute approximate surface area is 136 Å². The number of aromatic amines is 1. The molecular weight excluding hydrogens is 312 g/mol. The van der Waals surface area contributed by atoms with Crippen molar-refractivity contribution >= 4 is 17.4 Å². The minimum atomic E-state index is -0.669. The first-order valence-electron chi connectivity index (χ1n) is 7.12. The second-order valence-corrected chi connectivity index (χ2v) is 5.16. The van der Waals surface area contributed by atoms with Crippen molar-refractivity contribution in [2.45, 2.75) is 13.5 Å². The highest BCUT2D eigenvalue weighted by atomic mass is 16.6. The van der Waals surface area contributed by atoms with Gasteiger partial charge in [-0.1, -0.05) is 30.3 Å². The molecule has 2 aromatic heterocycles. The van der Waals surface area contributed by atoms with Gasteiger partial charge >= 0.3 is 5.69 Å². The van der Waals surface area contributed by atoms with Crippen LogP contribution in [-0.2, 0) is 6.54 Å². The van der Waals surface area contributed by atoms with Gasteiger partial charge in [0, 0.05) is 11.8 Å². The van der Waals surface area contributed by atoms with Crippen molar-refractivity contribution in [1.82, 2.24) is 20.0 Å². The number of nitro groups is 1. The second kappa shape index (κ2) is 6.32. The Balaban J connectivity index is 1.76. The molecule has 3 rings (SSSR count). The van der Waals surface area contributed by atoms with Gasteiger partial charge in [0.2, 0.25) is 5.69 Å². The van der Waals surface area contributed by atoms with E-state index < -0.39 is 10.8 Å². The number of amides is 1. The van der Waals surface area contributed by atoms with E-state index in [1.54, 1.807) is 10.7 Å². The summed E-state index contributed by atoms with van der Waals surface area (Å²) in [7, 11) is 0. The highest BCUT2D eigenvalue weighted by Crippen LogP contribution is 2.17. The molecule has 3 aromatic rings. The third kappa shape index (κ3) is 3.14. The Kier molecular flexibility index (Phi) is 4.06. The summed E-state index contributed by atoms with van der Waals surface area (Å²) in [6.45, 7) is 2.43. The molecule has 0 unspecified atom stereocenters. The number of benzene rings is 1. The van der Waals surface area contributed by atoms with Crippen molar-refractivity contribution < 1.29 is 9.72 Å². The highest BCUT2D eigenvalue weighted by molar-refractivity contribution is 6.05. The number of rotatable bonds is 5. The number of carbonyl (C=O) groups is 1. The summed E-state index contributed by atoms with van der Waals surface area (Å²) >= 11 is 0. The number of carbonyl (C=O) groups excluding carboxylic acids is 1. The number of H-pyrrole nitrogens is 1. The summed E-state index contributed by atoms with van der Waals surface area (Å²) in [6, 6.07) is 11.5. The van der Waals surface area contributed by atoms with E-state index in [1.165, 1.54) is 0 Å². The van der Waals surface area contributed by atoms with E-state index in [-0.39, 0.29) is 11.4 Å². The van der Waals surface area contributed by atoms with Crippen LogP contribution in [0.25, 0.3) is 0 Å². The molecule has 2 heterocycles. The summed E-state index contributed by atoms with van der Waals surface area (Å²) in [5.41, 5.74) is 1.34. The van der Waals surface area contributed by atoms with Crippen molar-refractivity contribution in [2.75, 3.05) is 5.32 Å². The standard InChI is InChI=1S/C15H14N6O3/c1-10-7-13(19-20(10)9-11-5-3-2-4-6-11)17-15(22)14-12(21(23)24)8-16-18-14/h2-8H,9H2,1H3,(H,16,18)(H,17,19,22). The fraction of sp³-hybridized carbons (Fsp3) is 0.133. The molecule has 0 spiro atoms. The molecule has 0 radical (unpaired) electrons. The molecule has 0 atom stereocenters. The second-order valence-electron chi connectivity index (χ2n) is 5.16. The van der Waals surface area contributed by atoms with E-state index in [9.17, 15) is 14.9 Å². The summed E-state index contributed by atoms with van der Waals surface area (Å²) in [5, 5.41) is 23.6. The van der Waals surface area contributed by atoms with Crippen LogP contribution in [0, 0.1) is 17.0 Å². The minimum Gasteiger partial charge on any atom is -0.304 e. The molecule has 0 saturated carbocycles. The van der Waals surface area contributed by atoms with Gasteiger partial charge in [-0.2, -0.15) is 10.2 Å². The quantitative estimate of drug-likeness (QED) is 0.550. The molecule has 1 aromatic carbocycles. The molecule has 0 bridgehead atoms. The largest absolute Gasteiger partial charge is 0.319 e. The SMILES string of the molecule is Cc1cc(NC(=O)c2[nH]ncc2[N+](=O)[O-])nn1Cc1ccccc1. The van der Waals surface area contributed by atoms with E-state index in [2.05, 4.69) is 20.6 Å². The lowest BCUT2D eigenvalue weighted by molar-refractivity contribution is -0.385.